The number of nitrogens with one attached hydrogen (secondary N) is 1. The van der Waals surface area contributed by atoms with Gasteiger partial charge in [-0.05, 0) is 56.7 Å². The second kappa shape index (κ2) is 9.68. The summed E-state index contributed by atoms with van der Waals surface area (Å²) in [6.45, 7) is 7.10. The maximum Gasteiger partial charge on any atom is 0.273 e. The number of ether oxygens (including phenoxy) is 1. The van der Waals surface area contributed by atoms with Crippen LogP contribution in [-0.2, 0) is 6.54 Å². The van der Waals surface area contributed by atoms with E-state index in [0.29, 0.717) is 24.8 Å². The van der Waals surface area contributed by atoms with Gasteiger partial charge < -0.3 is 15.0 Å². The van der Waals surface area contributed by atoms with Crippen LogP contribution in [0.5, 0.6) is 5.75 Å². The van der Waals surface area contributed by atoms with Gasteiger partial charge in [0.2, 0.25) is 5.95 Å². The number of rotatable bonds is 8. The number of anilines is 2. The number of nitrogens with zero attached hydrogens (tertiary/aromatic N) is 3. The van der Waals surface area contributed by atoms with E-state index in [1.807, 2.05) is 75.4 Å². The molecular formula is C23H26N4O2. The van der Waals surface area contributed by atoms with E-state index in [1.165, 1.54) is 0 Å². The van der Waals surface area contributed by atoms with Crippen molar-refractivity contribution in [3.8, 4) is 5.75 Å². The van der Waals surface area contributed by atoms with Gasteiger partial charge in [-0.3, -0.25) is 4.79 Å². The van der Waals surface area contributed by atoms with Gasteiger partial charge in [0.15, 0.2) is 0 Å². The molecule has 0 aliphatic rings. The summed E-state index contributed by atoms with van der Waals surface area (Å²) in [7, 11) is 0. The first-order valence-corrected chi connectivity index (χ1v) is 9.74. The number of amides is 1. The fraction of sp³-hybridized carbons (Fsp3) is 0.261. The molecule has 0 radical (unpaired) electrons. The first-order valence-electron chi connectivity index (χ1n) is 9.74. The Kier molecular flexibility index (Phi) is 6.79. The first-order chi connectivity index (χ1) is 14.1. The van der Waals surface area contributed by atoms with Crippen LogP contribution in [0.3, 0.4) is 0 Å². The van der Waals surface area contributed by atoms with Crippen molar-refractivity contribution in [2.75, 3.05) is 11.9 Å². The molecule has 1 N–H and O–H groups in total. The standard InChI is InChI=1S/C23H26N4O2/c1-4-29-20-12-10-19(11-13-20)25-23-24-15-14-21(26-23)22(28)27(17(2)3)16-18-8-6-5-7-9-18/h5-15,17H,4,16H2,1-3H3,(H,24,25,26). The molecule has 3 rings (SSSR count). The summed E-state index contributed by atoms with van der Waals surface area (Å²) in [5.41, 5.74) is 2.26. The van der Waals surface area contributed by atoms with Crippen molar-refractivity contribution in [2.24, 2.45) is 0 Å². The van der Waals surface area contributed by atoms with E-state index in [4.69, 9.17) is 4.74 Å². The normalized spacial score (nSPS) is 10.6. The van der Waals surface area contributed by atoms with Gasteiger partial charge in [-0.25, -0.2) is 9.97 Å². The van der Waals surface area contributed by atoms with E-state index < -0.39 is 0 Å². The molecule has 2 aromatic carbocycles. The summed E-state index contributed by atoms with van der Waals surface area (Å²) < 4.78 is 5.45. The molecule has 6 heteroatoms. The van der Waals surface area contributed by atoms with Crippen LogP contribution >= 0.6 is 0 Å². The predicted octanol–water partition coefficient (Wildman–Crippen LogP) is 4.67. The van der Waals surface area contributed by atoms with Gasteiger partial charge in [0.25, 0.3) is 5.91 Å². The molecule has 0 aliphatic heterocycles. The third-order valence-electron chi connectivity index (χ3n) is 4.38. The van der Waals surface area contributed by atoms with Gasteiger partial charge in [0.1, 0.15) is 11.4 Å². The number of benzene rings is 2. The zero-order chi connectivity index (χ0) is 20.6. The Bertz CT molecular complexity index is 927. The molecule has 0 fully saturated rings. The smallest absolute Gasteiger partial charge is 0.273 e. The Morgan fingerprint density at radius 1 is 1.07 bits per heavy atom. The van der Waals surface area contributed by atoms with Crippen molar-refractivity contribution in [1.82, 2.24) is 14.9 Å². The van der Waals surface area contributed by atoms with Crippen LogP contribution in [0.15, 0.2) is 66.9 Å². The molecule has 150 valence electrons. The van der Waals surface area contributed by atoms with Crippen LogP contribution in [-0.4, -0.2) is 33.4 Å². The molecule has 0 unspecified atom stereocenters. The Hall–Kier alpha value is -3.41. The quantitative estimate of drug-likeness (QED) is 0.605. The third kappa shape index (κ3) is 5.54. The van der Waals surface area contributed by atoms with Crippen LogP contribution in [0.25, 0.3) is 0 Å². The molecule has 3 aromatic rings. The summed E-state index contributed by atoms with van der Waals surface area (Å²) in [6.07, 6.45) is 1.60. The second-order valence-electron chi connectivity index (χ2n) is 6.86. The molecule has 6 nitrogen and oxygen atoms in total. The molecule has 0 atom stereocenters. The maximum atomic E-state index is 13.1. The molecule has 0 spiro atoms. The average Bonchev–Trinajstić information content (AvgIpc) is 2.74. The highest BCUT2D eigenvalue weighted by Crippen LogP contribution is 2.19. The SMILES string of the molecule is CCOc1ccc(Nc2nccc(C(=O)N(Cc3ccccc3)C(C)C)n2)cc1. The Morgan fingerprint density at radius 3 is 2.45 bits per heavy atom. The minimum Gasteiger partial charge on any atom is -0.494 e. The predicted molar refractivity (Wildman–Crippen MR) is 114 cm³/mol. The topological polar surface area (TPSA) is 67.3 Å². The molecule has 0 saturated carbocycles. The summed E-state index contributed by atoms with van der Waals surface area (Å²) in [5.74, 6) is 1.06. The van der Waals surface area contributed by atoms with Crippen LogP contribution in [0.1, 0.15) is 36.8 Å². The third-order valence-corrected chi connectivity index (χ3v) is 4.38. The molecule has 0 saturated heterocycles. The van der Waals surface area contributed by atoms with Crippen molar-refractivity contribution in [3.05, 3.63) is 78.1 Å². The first kappa shape index (κ1) is 20.3. The average molecular weight is 390 g/mol. The minimum absolute atomic E-state index is 0.0418. The summed E-state index contributed by atoms with van der Waals surface area (Å²) in [4.78, 5) is 23.6. The lowest BCUT2D eigenvalue weighted by atomic mass is 10.1. The van der Waals surface area contributed by atoms with Gasteiger partial charge >= 0.3 is 0 Å². The lowest BCUT2D eigenvalue weighted by Gasteiger charge is -2.26. The number of carbonyl (C=O) groups excluding carboxylic acids is 1. The van der Waals surface area contributed by atoms with Gasteiger partial charge in [0, 0.05) is 24.5 Å². The van der Waals surface area contributed by atoms with Crippen LogP contribution in [0, 0.1) is 0 Å². The monoisotopic (exact) mass is 390 g/mol. The van der Waals surface area contributed by atoms with Crippen LogP contribution < -0.4 is 10.1 Å². The van der Waals surface area contributed by atoms with E-state index in [2.05, 4.69) is 15.3 Å². The number of aromatic nitrogens is 2. The largest absolute Gasteiger partial charge is 0.494 e. The van der Waals surface area contributed by atoms with Crippen LogP contribution in [0.4, 0.5) is 11.6 Å². The van der Waals surface area contributed by atoms with Gasteiger partial charge in [0.05, 0.1) is 6.61 Å². The minimum atomic E-state index is -0.124. The molecular weight excluding hydrogens is 364 g/mol. The van der Waals surface area contributed by atoms with Gasteiger partial charge in [-0.1, -0.05) is 30.3 Å². The lowest BCUT2D eigenvalue weighted by Crippen LogP contribution is -2.37. The van der Waals surface area contributed by atoms with Crippen molar-refractivity contribution in [2.45, 2.75) is 33.4 Å². The highest BCUT2D eigenvalue weighted by molar-refractivity contribution is 5.92. The van der Waals surface area contributed by atoms with Crippen molar-refractivity contribution in [3.63, 3.8) is 0 Å². The number of carbonyl (C=O) groups is 1. The summed E-state index contributed by atoms with van der Waals surface area (Å²) in [6, 6.07) is 19.2. The van der Waals surface area contributed by atoms with E-state index >= 15 is 0 Å². The van der Waals surface area contributed by atoms with Crippen molar-refractivity contribution < 1.29 is 9.53 Å². The zero-order valence-electron chi connectivity index (χ0n) is 17.0. The molecule has 0 aliphatic carbocycles. The van der Waals surface area contributed by atoms with Gasteiger partial charge in [-0.2, -0.15) is 0 Å². The molecule has 1 amide bonds. The summed E-state index contributed by atoms with van der Waals surface area (Å²) in [5, 5.41) is 3.14. The lowest BCUT2D eigenvalue weighted by molar-refractivity contribution is 0.0684. The maximum absolute atomic E-state index is 13.1. The molecule has 1 aromatic heterocycles. The van der Waals surface area contributed by atoms with Crippen LogP contribution in [0.2, 0.25) is 0 Å². The van der Waals surface area contributed by atoms with Crippen molar-refractivity contribution in [1.29, 1.82) is 0 Å². The number of hydrogen-bond acceptors (Lipinski definition) is 5. The Balaban J connectivity index is 1.75. The van der Waals surface area contributed by atoms with E-state index in [1.54, 1.807) is 17.2 Å². The molecule has 29 heavy (non-hydrogen) atoms. The van der Waals surface area contributed by atoms with Gasteiger partial charge in [-0.15, -0.1) is 0 Å². The Labute approximate surface area is 171 Å². The Morgan fingerprint density at radius 2 is 1.79 bits per heavy atom. The fourth-order valence-electron chi connectivity index (χ4n) is 2.88. The highest BCUT2D eigenvalue weighted by Gasteiger charge is 2.21. The van der Waals surface area contributed by atoms with E-state index in [-0.39, 0.29) is 11.9 Å². The second-order valence-corrected chi connectivity index (χ2v) is 6.86. The zero-order valence-corrected chi connectivity index (χ0v) is 17.0. The van der Waals surface area contributed by atoms with E-state index in [9.17, 15) is 4.79 Å². The fourth-order valence-corrected chi connectivity index (χ4v) is 2.88. The van der Waals surface area contributed by atoms with E-state index in [0.717, 1.165) is 17.0 Å². The molecule has 0 bridgehead atoms. The summed E-state index contributed by atoms with van der Waals surface area (Å²) >= 11 is 0. The molecule has 1 heterocycles. The van der Waals surface area contributed by atoms with Crippen molar-refractivity contribution >= 4 is 17.5 Å². The number of hydrogen-bond donors (Lipinski definition) is 1. The highest BCUT2D eigenvalue weighted by atomic mass is 16.5.